The number of ether oxygens (including phenoxy) is 2. The van der Waals surface area contributed by atoms with Crippen LogP contribution >= 0.6 is 46.3 Å². The Bertz CT molecular complexity index is 2180. The van der Waals surface area contributed by atoms with Gasteiger partial charge in [0, 0.05) is 21.7 Å². The Morgan fingerprint density at radius 3 is 2.47 bits per heavy atom. The summed E-state index contributed by atoms with van der Waals surface area (Å²) < 4.78 is 52.1. The van der Waals surface area contributed by atoms with E-state index in [1.54, 1.807) is 24.3 Å². The molecular formula is C35H26Cl2F3N3O6S2. The molecule has 3 fully saturated rings. The SMILES string of the molecule is COc1cc([C@H]2c3sc(=O)[nH]c3SC3C4CC(C5C(=O)N(c6cccc(C(F)(F)F)c6)C(=O)C45)C32)ccc1OCC(=O)Nc1ccc(Cl)c(Cl)c1. The molecule has 1 aromatic heterocycles. The van der Waals surface area contributed by atoms with Crippen molar-refractivity contribution < 1.29 is 37.0 Å². The molecule has 7 atom stereocenters. The predicted molar refractivity (Wildman–Crippen MR) is 186 cm³/mol. The first-order valence-corrected chi connectivity index (χ1v) is 18.3. The number of imide groups is 1. The molecule has 9 nitrogen and oxygen atoms in total. The van der Waals surface area contributed by atoms with Crippen molar-refractivity contribution in [2.24, 2.45) is 29.6 Å². The Morgan fingerprint density at radius 1 is 0.980 bits per heavy atom. The van der Waals surface area contributed by atoms with Gasteiger partial charge in [-0.3, -0.25) is 24.1 Å². The molecule has 4 aliphatic rings. The van der Waals surface area contributed by atoms with Crippen LogP contribution in [0.3, 0.4) is 0 Å². The molecule has 2 aliphatic carbocycles. The van der Waals surface area contributed by atoms with Crippen molar-refractivity contribution >= 4 is 75.4 Å². The van der Waals surface area contributed by atoms with Crippen LogP contribution in [0, 0.1) is 29.6 Å². The van der Waals surface area contributed by atoms with E-state index < -0.39 is 41.3 Å². The van der Waals surface area contributed by atoms with Crippen LogP contribution in [0.25, 0.3) is 0 Å². The number of alkyl halides is 3. The molecule has 1 saturated heterocycles. The fourth-order valence-corrected chi connectivity index (χ4v) is 11.6. The summed E-state index contributed by atoms with van der Waals surface area (Å²) in [5.41, 5.74) is 0.212. The first kappa shape index (κ1) is 34.1. The Balaban J connectivity index is 1.08. The van der Waals surface area contributed by atoms with E-state index in [1.165, 1.54) is 37.1 Å². The Kier molecular flexibility index (Phi) is 8.43. The molecule has 8 rings (SSSR count). The van der Waals surface area contributed by atoms with E-state index >= 15 is 0 Å². The van der Waals surface area contributed by atoms with Crippen molar-refractivity contribution in [3.05, 3.63) is 96.4 Å². The number of carbonyl (C=O) groups is 3. The largest absolute Gasteiger partial charge is 0.493 e. The fraction of sp³-hybridized carbons (Fsp3) is 0.314. The molecule has 6 unspecified atom stereocenters. The number of thiazole rings is 1. The van der Waals surface area contributed by atoms with Crippen molar-refractivity contribution in [1.29, 1.82) is 0 Å². The van der Waals surface area contributed by atoms with Crippen LogP contribution in [0.2, 0.25) is 10.0 Å². The van der Waals surface area contributed by atoms with Crippen LogP contribution in [0.1, 0.15) is 28.3 Å². The molecule has 3 amide bonds. The van der Waals surface area contributed by atoms with Gasteiger partial charge < -0.3 is 19.8 Å². The number of aromatic nitrogens is 1. The second-order valence-electron chi connectivity index (χ2n) is 12.9. The summed E-state index contributed by atoms with van der Waals surface area (Å²) in [6, 6.07) is 14.3. The summed E-state index contributed by atoms with van der Waals surface area (Å²) in [6.07, 6.45) is -4.03. The van der Waals surface area contributed by atoms with Crippen LogP contribution in [-0.4, -0.2) is 41.7 Å². The number of nitrogens with one attached hydrogen (secondary N) is 2. The van der Waals surface area contributed by atoms with Crippen LogP contribution in [0.4, 0.5) is 24.5 Å². The minimum Gasteiger partial charge on any atom is -0.493 e. The van der Waals surface area contributed by atoms with E-state index in [-0.39, 0.29) is 51.1 Å². The van der Waals surface area contributed by atoms with E-state index in [2.05, 4.69) is 10.3 Å². The number of thioether (sulfide) groups is 1. The second-order valence-corrected chi connectivity index (χ2v) is 15.9. The van der Waals surface area contributed by atoms with Gasteiger partial charge in [0.15, 0.2) is 18.1 Å². The first-order chi connectivity index (χ1) is 24.3. The predicted octanol–water partition coefficient (Wildman–Crippen LogP) is 7.47. The van der Waals surface area contributed by atoms with Crippen LogP contribution < -0.4 is 24.6 Å². The van der Waals surface area contributed by atoms with E-state index in [0.29, 0.717) is 33.7 Å². The smallest absolute Gasteiger partial charge is 0.416 e. The van der Waals surface area contributed by atoms with Crippen molar-refractivity contribution in [2.75, 3.05) is 23.9 Å². The minimum atomic E-state index is -4.63. The standard InChI is InChI=1S/C35H26Cl2F3N3O6S2/c1-48-23-9-14(5-8-22(23)49-13-24(44)41-16-6-7-20(36)21(37)11-16)25-26-18-12-19(29(26)50-31-30(25)51-34(47)42-31)28-27(18)32(45)43(33(28)46)17-4-2-3-15(10-17)35(38,39)40/h2-11,18-19,25-29H,12-13H2,1H3,(H,41,44)(H,42,47)/t18?,19?,25-,26?,27?,28?,29?/m1/s1. The van der Waals surface area contributed by atoms with Crippen LogP contribution in [0.5, 0.6) is 11.5 Å². The number of fused-ring (bicyclic) bond motifs is 9. The number of hydrogen-bond acceptors (Lipinski definition) is 8. The van der Waals surface area contributed by atoms with Gasteiger partial charge in [-0.25, -0.2) is 0 Å². The first-order valence-electron chi connectivity index (χ1n) is 15.8. The monoisotopic (exact) mass is 775 g/mol. The summed E-state index contributed by atoms with van der Waals surface area (Å²) >= 11 is 14.6. The Morgan fingerprint density at radius 2 is 1.75 bits per heavy atom. The molecule has 4 aromatic rings. The number of anilines is 2. The third-order valence-electron chi connectivity index (χ3n) is 10.3. The third kappa shape index (κ3) is 5.71. The molecule has 0 spiro atoms. The van der Waals surface area contributed by atoms with Crippen molar-refractivity contribution in [3.8, 4) is 11.5 Å². The number of H-pyrrole nitrogens is 1. The number of rotatable bonds is 7. The Labute approximate surface area is 306 Å². The lowest BCUT2D eigenvalue weighted by atomic mass is 9.68. The van der Waals surface area contributed by atoms with Gasteiger partial charge in [0.1, 0.15) is 0 Å². The molecular weight excluding hydrogens is 750 g/mol. The number of nitrogens with zero attached hydrogens (tertiary/aromatic N) is 1. The highest BCUT2D eigenvalue weighted by molar-refractivity contribution is 8.00. The molecule has 0 radical (unpaired) electrons. The number of amides is 3. The molecule has 3 aromatic carbocycles. The van der Waals surface area contributed by atoms with E-state index in [0.717, 1.165) is 38.8 Å². The van der Waals surface area contributed by atoms with Gasteiger partial charge in [-0.1, -0.05) is 46.7 Å². The van der Waals surface area contributed by atoms with Gasteiger partial charge in [-0.2, -0.15) is 13.2 Å². The molecule has 2 saturated carbocycles. The molecule has 264 valence electrons. The molecule has 2 aliphatic heterocycles. The maximum absolute atomic E-state index is 14.0. The molecule has 3 heterocycles. The van der Waals surface area contributed by atoms with Gasteiger partial charge in [0.05, 0.1) is 45.3 Å². The number of hydrogen-bond donors (Lipinski definition) is 2. The zero-order valence-electron chi connectivity index (χ0n) is 26.3. The average Bonchev–Trinajstić information content (AvgIpc) is 3.83. The number of aromatic amines is 1. The van der Waals surface area contributed by atoms with Crippen molar-refractivity contribution in [2.45, 2.75) is 28.8 Å². The molecule has 2 N–H and O–H groups in total. The van der Waals surface area contributed by atoms with E-state index in [4.69, 9.17) is 32.7 Å². The van der Waals surface area contributed by atoms with Crippen molar-refractivity contribution in [3.63, 3.8) is 0 Å². The maximum Gasteiger partial charge on any atom is 0.416 e. The van der Waals surface area contributed by atoms with Gasteiger partial charge in [-0.05, 0) is 78.3 Å². The van der Waals surface area contributed by atoms with Gasteiger partial charge in [-0.15, -0.1) is 11.8 Å². The zero-order chi connectivity index (χ0) is 35.9. The third-order valence-corrected chi connectivity index (χ3v) is 13.6. The van der Waals surface area contributed by atoms with Crippen LogP contribution in [0.15, 0.2) is 70.5 Å². The lowest BCUT2D eigenvalue weighted by molar-refractivity contribution is -0.137. The highest BCUT2D eigenvalue weighted by atomic mass is 35.5. The Hall–Kier alpha value is -3.98. The highest BCUT2D eigenvalue weighted by Crippen LogP contribution is 2.69. The summed E-state index contributed by atoms with van der Waals surface area (Å²) in [7, 11) is 1.47. The number of carbonyl (C=O) groups excluding carboxylic acids is 3. The summed E-state index contributed by atoms with van der Waals surface area (Å²) in [6.45, 7) is -0.338. The maximum atomic E-state index is 14.0. The molecule has 2 bridgehead atoms. The zero-order valence-corrected chi connectivity index (χ0v) is 29.5. The summed E-state index contributed by atoms with van der Waals surface area (Å²) in [5, 5.41) is 3.90. The number of methoxy groups -OCH3 is 1. The lowest BCUT2D eigenvalue weighted by Crippen LogP contribution is -2.42. The number of halogens is 5. The minimum absolute atomic E-state index is 0.0878. The summed E-state index contributed by atoms with van der Waals surface area (Å²) in [5.74, 6) is -3.13. The van der Waals surface area contributed by atoms with Gasteiger partial charge in [0.2, 0.25) is 11.8 Å². The number of benzene rings is 3. The second kappa shape index (κ2) is 12.6. The highest BCUT2D eigenvalue weighted by Gasteiger charge is 2.69. The van der Waals surface area contributed by atoms with Gasteiger partial charge in [0.25, 0.3) is 5.91 Å². The lowest BCUT2D eigenvalue weighted by Gasteiger charge is -2.43. The van der Waals surface area contributed by atoms with Gasteiger partial charge >= 0.3 is 11.0 Å². The van der Waals surface area contributed by atoms with Crippen LogP contribution in [-0.2, 0) is 20.6 Å². The normalized spacial score (nSPS) is 26.2. The quantitative estimate of drug-likeness (QED) is 0.187. The molecule has 51 heavy (non-hydrogen) atoms. The van der Waals surface area contributed by atoms with Crippen molar-refractivity contribution in [1.82, 2.24) is 4.98 Å². The summed E-state index contributed by atoms with van der Waals surface area (Å²) in [4.78, 5) is 57.7. The topological polar surface area (TPSA) is 118 Å². The van der Waals surface area contributed by atoms with E-state index in [9.17, 15) is 32.3 Å². The average molecular weight is 777 g/mol. The van der Waals surface area contributed by atoms with E-state index in [1.807, 2.05) is 6.07 Å². The molecule has 16 heteroatoms. The fourth-order valence-electron chi connectivity index (χ4n) is 8.38.